The van der Waals surface area contributed by atoms with Crippen molar-refractivity contribution >= 4 is 26.8 Å². The monoisotopic (exact) mass is 342 g/mol. The first kappa shape index (κ1) is 13.2. The van der Waals surface area contributed by atoms with E-state index in [9.17, 15) is 0 Å². The highest BCUT2D eigenvalue weighted by Gasteiger charge is 2.26. The number of rotatable bonds is 1. The molecule has 1 aromatic carbocycles. The van der Waals surface area contributed by atoms with Crippen LogP contribution in [0.5, 0.6) is 0 Å². The summed E-state index contributed by atoms with van der Waals surface area (Å²) < 4.78 is 3.65. The summed E-state index contributed by atoms with van der Waals surface area (Å²) in [6.07, 6.45) is 3.66. The molecule has 3 aromatic rings. The molecular weight excluding hydrogens is 324 g/mol. The quantitative estimate of drug-likeness (QED) is 0.621. The molecule has 0 saturated carbocycles. The van der Waals surface area contributed by atoms with E-state index in [-0.39, 0.29) is 0 Å². The molecule has 21 heavy (non-hydrogen) atoms. The van der Waals surface area contributed by atoms with Crippen LogP contribution in [0.4, 0.5) is 0 Å². The van der Waals surface area contributed by atoms with Gasteiger partial charge in [0, 0.05) is 32.5 Å². The van der Waals surface area contributed by atoms with E-state index < -0.39 is 0 Å². The molecule has 1 aliphatic rings. The van der Waals surface area contributed by atoms with Gasteiger partial charge in [0.05, 0.1) is 6.04 Å². The molecule has 0 aliphatic heterocycles. The molecule has 1 N–H and O–H groups in total. The van der Waals surface area contributed by atoms with E-state index in [0.29, 0.717) is 6.04 Å². The number of nitrogens with zero attached hydrogens (tertiary/aromatic N) is 1. The lowest BCUT2D eigenvalue weighted by Gasteiger charge is -2.27. The molecule has 0 amide bonds. The zero-order valence-corrected chi connectivity index (χ0v) is 14.0. The van der Waals surface area contributed by atoms with Crippen molar-refractivity contribution in [3.8, 4) is 0 Å². The summed E-state index contributed by atoms with van der Waals surface area (Å²) in [5.74, 6) is 0. The normalized spacial score (nSPS) is 18.1. The predicted molar refractivity (Wildman–Crippen MR) is 91.0 cm³/mol. The van der Waals surface area contributed by atoms with Gasteiger partial charge in [-0.05, 0) is 69.0 Å². The van der Waals surface area contributed by atoms with Crippen molar-refractivity contribution in [2.24, 2.45) is 0 Å². The Balaban J connectivity index is 1.94. The lowest BCUT2D eigenvalue weighted by molar-refractivity contribution is 0.469. The summed E-state index contributed by atoms with van der Waals surface area (Å²) in [6, 6.07) is 11.5. The van der Waals surface area contributed by atoms with Gasteiger partial charge < -0.3 is 9.55 Å². The van der Waals surface area contributed by atoms with Gasteiger partial charge in [0.15, 0.2) is 0 Å². The van der Waals surface area contributed by atoms with Crippen molar-refractivity contribution in [3.63, 3.8) is 0 Å². The maximum absolute atomic E-state index is 3.69. The number of H-pyrrole nitrogens is 1. The fourth-order valence-corrected chi connectivity index (χ4v) is 4.20. The number of aromatic nitrogens is 2. The SMILES string of the molecule is Cc1ccc(C)n1C1CCCc2c1[nH]c1ccc(Br)cc21. The van der Waals surface area contributed by atoms with Crippen LogP contribution in [0.1, 0.15) is 41.5 Å². The van der Waals surface area contributed by atoms with Crippen molar-refractivity contribution in [1.82, 2.24) is 9.55 Å². The summed E-state index contributed by atoms with van der Waals surface area (Å²) in [5, 5.41) is 1.38. The van der Waals surface area contributed by atoms with Crippen LogP contribution in [0.3, 0.4) is 0 Å². The van der Waals surface area contributed by atoms with Crippen molar-refractivity contribution in [2.75, 3.05) is 0 Å². The second kappa shape index (κ2) is 4.77. The zero-order valence-electron chi connectivity index (χ0n) is 12.4. The van der Waals surface area contributed by atoms with Crippen LogP contribution in [0.15, 0.2) is 34.8 Å². The first-order chi connectivity index (χ1) is 10.1. The largest absolute Gasteiger partial charge is 0.356 e. The van der Waals surface area contributed by atoms with Crippen LogP contribution >= 0.6 is 15.9 Å². The zero-order chi connectivity index (χ0) is 14.6. The molecule has 0 bridgehead atoms. The van der Waals surface area contributed by atoms with Crippen LogP contribution in [-0.2, 0) is 6.42 Å². The van der Waals surface area contributed by atoms with E-state index in [0.717, 1.165) is 4.47 Å². The minimum absolute atomic E-state index is 0.454. The second-order valence-electron chi connectivity index (χ2n) is 6.10. The van der Waals surface area contributed by atoms with Gasteiger partial charge in [0.1, 0.15) is 0 Å². The number of halogens is 1. The molecule has 2 heterocycles. The van der Waals surface area contributed by atoms with Gasteiger partial charge in [-0.3, -0.25) is 0 Å². The number of benzene rings is 1. The van der Waals surface area contributed by atoms with E-state index in [1.54, 1.807) is 0 Å². The van der Waals surface area contributed by atoms with Crippen molar-refractivity contribution in [1.29, 1.82) is 0 Å². The Labute approximate surface area is 133 Å². The Kier molecular flexibility index (Phi) is 3.00. The molecule has 1 atom stereocenters. The first-order valence-corrected chi connectivity index (χ1v) is 8.39. The van der Waals surface area contributed by atoms with Crippen molar-refractivity contribution < 1.29 is 0 Å². The van der Waals surface area contributed by atoms with Crippen LogP contribution in [0, 0.1) is 13.8 Å². The molecule has 0 fully saturated rings. The number of nitrogens with one attached hydrogen (secondary N) is 1. The number of aromatic amines is 1. The highest BCUT2D eigenvalue weighted by Crippen LogP contribution is 2.38. The minimum atomic E-state index is 0.454. The lowest BCUT2D eigenvalue weighted by atomic mass is 9.91. The summed E-state index contributed by atoms with van der Waals surface area (Å²) in [6.45, 7) is 4.42. The topological polar surface area (TPSA) is 20.7 Å². The van der Waals surface area contributed by atoms with Crippen LogP contribution in [-0.4, -0.2) is 9.55 Å². The average molecular weight is 343 g/mol. The summed E-state index contributed by atoms with van der Waals surface area (Å²) in [5.41, 5.74) is 6.89. The molecule has 0 radical (unpaired) electrons. The third-order valence-corrected chi connectivity index (χ3v) is 5.27. The maximum Gasteiger partial charge on any atom is 0.0737 e. The van der Waals surface area contributed by atoms with Crippen LogP contribution in [0.2, 0.25) is 0 Å². The van der Waals surface area contributed by atoms with Crippen LogP contribution < -0.4 is 0 Å². The maximum atomic E-state index is 3.69. The van der Waals surface area contributed by atoms with Crippen molar-refractivity contribution in [2.45, 2.75) is 39.2 Å². The number of hydrogen-bond acceptors (Lipinski definition) is 0. The molecule has 3 heteroatoms. The van der Waals surface area contributed by atoms with Crippen LogP contribution in [0.25, 0.3) is 10.9 Å². The third-order valence-electron chi connectivity index (χ3n) is 4.78. The molecule has 4 rings (SSSR count). The summed E-state index contributed by atoms with van der Waals surface area (Å²) in [4.78, 5) is 3.69. The molecule has 0 saturated heterocycles. The molecule has 2 nitrogen and oxygen atoms in total. The van der Waals surface area contributed by atoms with E-state index in [2.05, 4.69) is 69.7 Å². The Bertz CT molecular complexity index is 806. The number of fused-ring (bicyclic) bond motifs is 3. The molecule has 108 valence electrons. The molecular formula is C18H19BrN2. The van der Waals surface area contributed by atoms with Gasteiger partial charge in [-0.1, -0.05) is 15.9 Å². The molecule has 1 aliphatic carbocycles. The van der Waals surface area contributed by atoms with E-state index in [1.165, 1.54) is 52.8 Å². The van der Waals surface area contributed by atoms with E-state index >= 15 is 0 Å². The van der Waals surface area contributed by atoms with Gasteiger partial charge in [-0.15, -0.1) is 0 Å². The van der Waals surface area contributed by atoms with Gasteiger partial charge >= 0.3 is 0 Å². The standard InChI is InChI=1S/C18H19BrN2/c1-11-6-7-12(2)21(11)17-5-3-4-14-15-10-13(19)8-9-16(15)20-18(14)17/h6-10,17,20H,3-5H2,1-2H3. The van der Waals surface area contributed by atoms with E-state index in [4.69, 9.17) is 0 Å². The molecule has 2 aromatic heterocycles. The fourth-order valence-electron chi connectivity index (χ4n) is 3.84. The fraction of sp³-hybridized carbons (Fsp3) is 0.333. The Hall–Kier alpha value is -1.48. The smallest absolute Gasteiger partial charge is 0.0737 e. The number of hydrogen-bond donors (Lipinski definition) is 1. The van der Waals surface area contributed by atoms with Gasteiger partial charge in [-0.2, -0.15) is 0 Å². The minimum Gasteiger partial charge on any atom is -0.356 e. The van der Waals surface area contributed by atoms with Crippen molar-refractivity contribution in [3.05, 3.63) is 57.4 Å². The van der Waals surface area contributed by atoms with Gasteiger partial charge in [0.2, 0.25) is 0 Å². The second-order valence-corrected chi connectivity index (χ2v) is 7.02. The number of aryl methyl sites for hydroxylation is 3. The molecule has 1 unspecified atom stereocenters. The van der Waals surface area contributed by atoms with Gasteiger partial charge in [-0.25, -0.2) is 0 Å². The Morgan fingerprint density at radius 3 is 2.67 bits per heavy atom. The first-order valence-electron chi connectivity index (χ1n) is 7.59. The Morgan fingerprint density at radius 2 is 1.90 bits per heavy atom. The summed E-state index contributed by atoms with van der Waals surface area (Å²) >= 11 is 3.60. The summed E-state index contributed by atoms with van der Waals surface area (Å²) in [7, 11) is 0. The third kappa shape index (κ3) is 1.98. The average Bonchev–Trinajstić information content (AvgIpc) is 2.99. The van der Waals surface area contributed by atoms with Gasteiger partial charge in [0.25, 0.3) is 0 Å². The lowest BCUT2D eigenvalue weighted by Crippen LogP contribution is -2.19. The highest BCUT2D eigenvalue weighted by molar-refractivity contribution is 9.10. The van der Waals surface area contributed by atoms with E-state index in [1.807, 2.05) is 0 Å². The highest BCUT2D eigenvalue weighted by atomic mass is 79.9. The predicted octanol–water partition coefficient (Wildman–Crippen LogP) is 5.27. The Morgan fingerprint density at radius 1 is 1.14 bits per heavy atom. The molecule has 0 spiro atoms.